The first kappa shape index (κ1) is 13.2. The lowest BCUT2D eigenvalue weighted by Gasteiger charge is -2.14. The van der Waals surface area contributed by atoms with Gasteiger partial charge in [-0.05, 0) is 24.6 Å². The standard InChI is InChI=1S/C15H14N2O4/c1-9(10-2-3-13-14(6-10)21-8-20-13)17-15(19)11-7-16-5-4-12(11)18/h2-7,9H,8H2,1H3,(H,16,18)(H,17,19). The number of aromatic nitrogens is 1. The van der Waals surface area contributed by atoms with Crippen LogP contribution in [0.25, 0.3) is 0 Å². The van der Waals surface area contributed by atoms with Crippen LogP contribution in [0.4, 0.5) is 0 Å². The lowest BCUT2D eigenvalue weighted by atomic mass is 10.1. The van der Waals surface area contributed by atoms with Crippen LogP contribution in [-0.4, -0.2) is 17.7 Å². The van der Waals surface area contributed by atoms with Crippen LogP contribution >= 0.6 is 0 Å². The molecular formula is C15H14N2O4. The normalized spacial score (nSPS) is 13.8. The molecule has 1 aromatic carbocycles. The maximum atomic E-state index is 12.1. The predicted molar refractivity (Wildman–Crippen MR) is 75.5 cm³/mol. The second-order valence-electron chi connectivity index (χ2n) is 4.73. The summed E-state index contributed by atoms with van der Waals surface area (Å²) >= 11 is 0. The molecule has 1 amide bonds. The second kappa shape index (κ2) is 5.32. The number of nitrogens with one attached hydrogen (secondary N) is 2. The van der Waals surface area contributed by atoms with Gasteiger partial charge in [0, 0.05) is 18.5 Å². The van der Waals surface area contributed by atoms with Gasteiger partial charge in [0.15, 0.2) is 16.9 Å². The smallest absolute Gasteiger partial charge is 0.257 e. The molecule has 108 valence electrons. The number of hydrogen-bond donors (Lipinski definition) is 2. The molecule has 21 heavy (non-hydrogen) atoms. The fourth-order valence-electron chi connectivity index (χ4n) is 2.13. The minimum absolute atomic E-state index is 0.0880. The van der Waals surface area contributed by atoms with Crippen LogP contribution in [0.15, 0.2) is 41.5 Å². The number of rotatable bonds is 3. The van der Waals surface area contributed by atoms with E-state index < -0.39 is 5.91 Å². The Morgan fingerprint density at radius 3 is 2.90 bits per heavy atom. The molecule has 1 aliphatic rings. The maximum absolute atomic E-state index is 12.1. The third-order valence-electron chi connectivity index (χ3n) is 3.31. The molecule has 0 spiro atoms. The lowest BCUT2D eigenvalue weighted by molar-refractivity contribution is 0.0938. The molecule has 6 nitrogen and oxygen atoms in total. The quantitative estimate of drug-likeness (QED) is 0.898. The summed E-state index contributed by atoms with van der Waals surface area (Å²) in [7, 11) is 0. The van der Waals surface area contributed by atoms with Crippen molar-refractivity contribution in [1.29, 1.82) is 0 Å². The van der Waals surface area contributed by atoms with Crippen LogP contribution in [0.5, 0.6) is 11.5 Å². The summed E-state index contributed by atoms with van der Waals surface area (Å²) in [6, 6.07) is 6.54. The van der Waals surface area contributed by atoms with Crippen LogP contribution in [0.3, 0.4) is 0 Å². The number of aromatic amines is 1. The molecule has 0 radical (unpaired) electrons. The van der Waals surface area contributed by atoms with E-state index in [-0.39, 0.29) is 23.8 Å². The topological polar surface area (TPSA) is 80.4 Å². The molecule has 0 bridgehead atoms. The molecule has 6 heteroatoms. The highest BCUT2D eigenvalue weighted by atomic mass is 16.7. The van der Waals surface area contributed by atoms with Gasteiger partial charge in [0.1, 0.15) is 5.56 Å². The average Bonchev–Trinajstić information content (AvgIpc) is 2.94. The van der Waals surface area contributed by atoms with Crippen molar-refractivity contribution < 1.29 is 14.3 Å². The van der Waals surface area contributed by atoms with Gasteiger partial charge in [-0.25, -0.2) is 0 Å². The monoisotopic (exact) mass is 286 g/mol. The number of amides is 1. The zero-order valence-electron chi connectivity index (χ0n) is 11.4. The van der Waals surface area contributed by atoms with Crippen molar-refractivity contribution >= 4 is 5.91 Å². The third kappa shape index (κ3) is 2.60. The van der Waals surface area contributed by atoms with Crippen molar-refractivity contribution in [2.24, 2.45) is 0 Å². The fourth-order valence-corrected chi connectivity index (χ4v) is 2.13. The minimum Gasteiger partial charge on any atom is -0.454 e. The second-order valence-corrected chi connectivity index (χ2v) is 4.73. The zero-order chi connectivity index (χ0) is 14.8. The van der Waals surface area contributed by atoms with E-state index in [1.165, 1.54) is 18.5 Å². The molecule has 1 aliphatic heterocycles. The number of hydrogen-bond acceptors (Lipinski definition) is 4. The van der Waals surface area contributed by atoms with E-state index in [0.717, 1.165) is 5.56 Å². The maximum Gasteiger partial charge on any atom is 0.257 e. The van der Waals surface area contributed by atoms with Crippen molar-refractivity contribution in [1.82, 2.24) is 10.3 Å². The number of H-pyrrole nitrogens is 1. The summed E-state index contributed by atoms with van der Waals surface area (Å²) in [6.07, 6.45) is 2.88. The molecule has 0 saturated carbocycles. The molecule has 0 saturated heterocycles. The van der Waals surface area contributed by atoms with Gasteiger partial charge in [-0.3, -0.25) is 9.59 Å². The van der Waals surface area contributed by atoms with E-state index >= 15 is 0 Å². The van der Waals surface area contributed by atoms with Crippen LogP contribution in [0.1, 0.15) is 28.9 Å². The van der Waals surface area contributed by atoms with E-state index in [2.05, 4.69) is 10.3 Å². The molecule has 0 aliphatic carbocycles. The first-order valence-corrected chi connectivity index (χ1v) is 6.52. The highest BCUT2D eigenvalue weighted by molar-refractivity contribution is 5.93. The van der Waals surface area contributed by atoms with Crippen molar-refractivity contribution in [3.05, 3.63) is 58.0 Å². The van der Waals surface area contributed by atoms with Crippen molar-refractivity contribution in [3.63, 3.8) is 0 Å². The summed E-state index contributed by atoms with van der Waals surface area (Å²) in [4.78, 5) is 26.4. The van der Waals surface area contributed by atoms with Crippen LogP contribution in [0.2, 0.25) is 0 Å². The van der Waals surface area contributed by atoms with E-state index in [1.807, 2.05) is 19.1 Å². The Labute approximate surface area is 120 Å². The zero-order valence-corrected chi connectivity index (χ0v) is 11.4. The Hall–Kier alpha value is -2.76. The summed E-state index contributed by atoms with van der Waals surface area (Å²) in [5.74, 6) is 0.935. The van der Waals surface area contributed by atoms with Gasteiger partial charge in [0.25, 0.3) is 5.91 Å². The highest BCUT2D eigenvalue weighted by Crippen LogP contribution is 2.34. The molecule has 1 unspecified atom stereocenters. The summed E-state index contributed by atoms with van der Waals surface area (Å²) in [6.45, 7) is 2.05. The number of pyridine rings is 1. The molecule has 3 rings (SSSR count). The molecule has 2 N–H and O–H groups in total. The molecule has 1 aromatic heterocycles. The number of carbonyl (C=O) groups is 1. The van der Waals surface area contributed by atoms with E-state index in [4.69, 9.17) is 9.47 Å². The number of ether oxygens (including phenoxy) is 2. The average molecular weight is 286 g/mol. The molecule has 2 heterocycles. The molecular weight excluding hydrogens is 272 g/mol. The van der Waals surface area contributed by atoms with Gasteiger partial charge in [-0.2, -0.15) is 0 Å². The first-order valence-electron chi connectivity index (χ1n) is 6.52. The van der Waals surface area contributed by atoms with Gasteiger partial charge in [-0.1, -0.05) is 6.07 Å². The van der Waals surface area contributed by atoms with Gasteiger partial charge >= 0.3 is 0 Å². The Balaban J connectivity index is 1.77. The van der Waals surface area contributed by atoms with E-state index in [9.17, 15) is 9.59 Å². The molecule has 2 aromatic rings. The number of benzene rings is 1. The first-order chi connectivity index (χ1) is 10.1. The largest absolute Gasteiger partial charge is 0.454 e. The van der Waals surface area contributed by atoms with Gasteiger partial charge < -0.3 is 19.8 Å². The summed E-state index contributed by atoms with van der Waals surface area (Å²) in [5, 5.41) is 2.79. The van der Waals surface area contributed by atoms with Gasteiger partial charge in [0.2, 0.25) is 6.79 Å². The Morgan fingerprint density at radius 2 is 2.10 bits per heavy atom. The van der Waals surface area contributed by atoms with E-state index in [0.29, 0.717) is 11.5 Å². The van der Waals surface area contributed by atoms with Crippen molar-refractivity contribution in [2.45, 2.75) is 13.0 Å². The Bertz CT molecular complexity index is 738. The van der Waals surface area contributed by atoms with Crippen molar-refractivity contribution in [3.8, 4) is 11.5 Å². The van der Waals surface area contributed by atoms with Crippen LogP contribution < -0.4 is 20.2 Å². The lowest BCUT2D eigenvalue weighted by Crippen LogP contribution is -2.30. The van der Waals surface area contributed by atoms with Crippen molar-refractivity contribution in [2.75, 3.05) is 6.79 Å². The number of fused-ring (bicyclic) bond motifs is 1. The summed E-state index contributed by atoms with van der Waals surface area (Å²) < 4.78 is 10.6. The Morgan fingerprint density at radius 1 is 1.29 bits per heavy atom. The number of carbonyl (C=O) groups excluding carboxylic acids is 1. The molecule has 1 atom stereocenters. The molecule has 0 fully saturated rings. The fraction of sp³-hybridized carbons (Fsp3) is 0.200. The SMILES string of the molecule is CC(NC(=O)c1c[nH]ccc1=O)c1ccc2c(c1)OCO2. The van der Waals surface area contributed by atoms with E-state index in [1.54, 1.807) is 6.07 Å². The van der Waals surface area contributed by atoms with Gasteiger partial charge in [0.05, 0.1) is 6.04 Å². The summed E-state index contributed by atoms with van der Waals surface area (Å²) in [5.41, 5.74) is 0.647. The van der Waals surface area contributed by atoms with Crippen LogP contribution in [0, 0.1) is 0 Å². The van der Waals surface area contributed by atoms with Crippen LogP contribution in [-0.2, 0) is 0 Å². The highest BCUT2D eigenvalue weighted by Gasteiger charge is 2.18. The Kier molecular flexibility index (Phi) is 3.35. The van der Waals surface area contributed by atoms with Gasteiger partial charge in [-0.15, -0.1) is 0 Å². The minimum atomic E-state index is -0.415. The third-order valence-corrected chi connectivity index (χ3v) is 3.31. The predicted octanol–water partition coefficient (Wildman–Crippen LogP) is 1.59.